The van der Waals surface area contributed by atoms with Gasteiger partial charge in [0.15, 0.2) is 0 Å². The lowest BCUT2D eigenvalue weighted by molar-refractivity contribution is 0.0507. The number of fused-ring (bicyclic) bond motifs is 1. The third-order valence-corrected chi connectivity index (χ3v) is 4.37. The Hall–Kier alpha value is -2.73. The van der Waals surface area contributed by atoms with E-state index in [2.05, 4.69) is 15.3 Å². The molecule has 0 spiro atoms. The SMILES string of the molecule is CC(NC(=O)OC(C)(C)C)c1nc2ccc(F)cc2c(Cl)c1-c1ccccn1. The van der Waals surface area contributed by atoms with E-state index >= 15 is 0 Å². The number of nitrogens with zero attached hydrogens (tertiary/aromatic N) is 2. The van der Waals surface area contributed by atoms with Gasteiger partial charge < -0.3 is 10.1 Å². The second-order valence-electron chi connectivity index (χ2n) is 7.43. The average Bonchev–Trinajstić information content (AvgIpc) is 2.61. The lowest BCUT2D eigenvalue weighted by Crippen LogP contribution is -2.34. The maximum absolute atomic E-state index is 13.8. The normalized spacial score (nSPS) is 12.6. The first-order chi connectivity index (χ1) is 13.2. The summed E-state index contributed by atoms with van der Waals surface area (Å²) in [5.74, 6) is -0.407. The second-order valence-corrected chi connectivity index (χ2v) is 7.81. The zero-order valence-corrected chi connectivity index (χ0v) is 16.8. The topological polar surface area (TPSA) is 64.1 Å². The Bertz CT molecular complexity index is 1020. The molecule has 1 unspecified atom stereocenters. The summed E-state index contributed by atoms with van der Waals surface area (Å²) in [6.07, 6.45) is 1.07. The first-order valence-electron chi connectivity index (χ1n) is 8.85. The van der Waals surface area contributed by atoms with Crippen LogP contribution in [0.25, 0.3) is 22.2 Å². The van der Waals surface area contributed by atoms with Crippen LogP contribution in [0.2, 0.25) is 5.02 Å². The lowest BCUT2D eigenvalue weighted by atomic mass is 10.0. The molecule has 3 rings (SSSR count). The standard InChI is InChI=1S/C21H21ClFN3O2/c1-12(25-20(27)28-21(2,3)4)19-17(16-7-5-6-10-24-16)18(22)14-11-13(23)8-9-15(14)26-19/h5-12H,1-4H3,(H,25,27). The van der Waals surface area contributed by atoms with Gasteiger partial charge in [-0.1, -0.05) is 17.7 Å². The second kappa shape index (κ2) is 7.72. The number of benzene rings is 1. The van der Waals surface area contributed by atoms with Crippen molar-refractivity contribution in [2.24, 2.45) is 0 Å². The van der Waals surface area contributed by atoms with Gasteiger partial charge in [-0.15, -0.1) is 0 Å². The first-order valence-corrected chi connectivity index (χ1v) is 9.23. The molecule has 0 radical (unpaired) electrons. The number of amides is 1. The van der Waals surface area contributed by atoms with Crippen LogP contribution in [0, 0.1) is 5.82 Å². The zero-order chi connectivity index (χ0) is 20.5. The van der Waals surface area contributed by atoms with Gasteiger partial charge in [-0.05, 0) is 58.0 Å². The summed E-state index contributed by atoms with van der Waals surface area (Å²) >= 11 is 6.65. The summed E-state index contributed by atoms with van der Waals surface area (Å²) in [7, 11) is 0. The quantitative estimate of drug-likeness (QED) is 0.613. The van der Waals surface area contributed by atoms with E-state index in [0.717, 1.165) is 0 Å². The van der Waals surface area contributed by atoms with Crippen molar-refractivity contribution in [3.63, 3.8) is 0 Å². The van der Waals surface area contributed by atoms with Crippen LogP contribution in [-0.4, -0.2) is 21.7 Å². The minimum absolute atomic E-state index is 0.330. The predicted octanol–water partition coefficient (Wildman–Crippen LogP) is 5.68. The maximum Gasteiger partial charge on any atom is 0.408 e. The fourth-order valence-corrected chi connectivity index (χ4v) is 3.18. The number of nitrogens with one attached hydrogen (secondary N) is 1. The van der Waals surface area contributed by atoms with E-state index in [0.29, 0.717) is 32.9 Å². The highest BCUT2D eigenvalue weighted by Gasteiger charge is 2.24. The number of hydrogen-bond acceptors (Lipinski definition) is 4. The maximum atomic E-state index is 13.8. The average molecular weight is 402 g/mol. The Morgan fingerprint density at radius 3 is 2.64 bits per heavy atom. The molecule has 1 aromatic carbocycles. The number of pyridine rings is 2. The molecule has 0 bridgehead atoms. The Morgan fingerprint density at radius 2 is 2.00 bits per heavy atom. The zero-order valence-electron chi connectivity index (χ0n) is 16.1. The minimum Gasteiger partial charge on any atom is -0.444 e. The molecule has 2 heterocycles. The Balaban J connectivity index is 2.12. The third-order valence-electron chi connectivity index (χ3n) is 3.98. The van der Waals surface area contributed by atoms with Crippen molar-refractivity contribution in [1.29, 1.82) is 0 Å². The molecule has 1 atom stereocenters. The van der Waals surface area contributed by atoms with Crippen molar-refractivity contribution >= 4 is 28.6 Å². The van der Waals surface area contributed by atoms with Crippen molar-refractivity contribution in [3.05, 3.63) is 59.1 Å². The number of carbonyl (C=O) groups is 1. The molecule has 5 nitrogen and oxygen atoms in total. The summed E-state index contributed by atoms with van der Waals surface area (Å²) in [6, 6.07) is 9.10. The number of aromatic nitrogens is 2. The number of rotatable bonds is 3. The number of hydrogen-bond donors (Lipinski definition) is 1. The molecule has 28 heavy (non-hydrogen) atoms. The summed E-state index contributed by atoms with van der Waals surface area (Å²) in [5, 5.41) is 3.59. The number of alkyl carbamates (subject to hydrolysis) is 1. The van der Waals surface area contributed by atoms with E-state index in [1.165, 1.54) is 12.1 Å². The van der Waals surface area contributed by atoms with Crippen LogP contribution in [0.15, 0.2) is 42.6 Å². The smallest absolute Gasteiger partial charge is 0.408 e. The molecule has 7 heteroatoms. The van der Waals surface area contributed by atoms with Crippen molar-refractivity contribution in [3.8, 4) is 11.3 Å². The van der Waals surface area contributed by atoms with Crippen LogP contribution in [0.4, 0.5) is 9.18 Å². The van der Waals surface area contributed by atoms with Gasteiger partial charge in [-0.25, -0.2) is 14.2 Å². The number of ether oxygens (including phenoxy) is 1. The molecule has 0 fully saturated rings. The van der Waals surface area contributed by atoms with Gasteiger partial charge >= 0.3 is 6.09 Å². The molecule has 0 saturated carbocycles. The van der Waals surface area contributed by atoms with E-state index in [-0.39, 0.29) is 0 Å². The highest BCUT2D eigenvalue weighted by molar-refractivity contribution is 6.38. The van der Waals surface area contributed by atoms with Crippen LogP contribution in [0.5, 0.6) is 0 Å². The van der Waals surface area contributed by atoms with Crippen molar-refractivity contribution < 1.29 is 13.9 Å². The Kier molecular flexibility index (Phi) is 5.52. The van der Waals surface area contributed by atoms with Gasteiger partial charge in [0, 0.05) is 17.1 Å². The number of halogens is 2. The van der Waals surface area contributed by atoms with Gasteiger partial charge in [-0.2, -0.15) is 0 Å². The van der Waals surface area contributed by atoms with Crippen LogP contribution < -0.4 is 5.32 Å². The largest absolute Gasteiger partial charge is 0.444 e. The molecular weight excluding hydrogens is 381 g/mol. The molecule has 2 aromatic heterocycles. The van der Waals surface area contributed by atoms with Gasteiger partial charge in [-0.3, -0.25) is 4.98 Å². The summed E-state index contributed by atoms with van der Waals surface area (Å²) in [4.78, 5) is 21.2. The monoisotopic (exact) mass is 401 g/mol. The molecule has 0 aliphatic heterocycles. The van der Waals surface area contributed by atoms with Gasteiger partial charge in [0.2, 0.25) is 0 Å². The summed E-state index contributed by atoms with van der Waals surface area (Å²) in [5.41, 5.74) is 1.55. The van der Waals surface area contributed by atoms with Crippen molar-refractivity contribution in [2.45, 2.75) is 39.3 Å². The molecule has 1 N–H and O–H groups in total. The molecule has 0 saturated heterocycles. The van der Waals surface area contributed by atoms with Crippen LogP contribution in [-0.2, 0) is 4.74 Å². The van der Waals surface area contributed by atoms with Gasteiger partial charge in [0.05, 0.1) is 28.0 Å². The van der Waals surface area contributed by atoms with E-state index in [1.54, 1.807) is 52.1 Å². The molecular formula is C21H21ClFN3O2. The van der Waals surface area contributed by atoms with Gasteiger partial charge in [0.25, 0.3) is 0 Å². The fourth-order valence-electron chi connectivity index (χ4n) is 2.83. The molecule has 0 aliphatic carbocycles. The lowest BCUT2D eigenvalue weighted by Gasteiger charge is -2.23. The fraction of sp³-hybridized carbons (Fsp3) is 0.286. The van der Waals surface area contributed by atoms with E-state index in [9.17, 15) is 9.18 Å². The molecule has 3 aromatic rings. The highest BCUT2D eigenvalue weighted by Crippen LogP contribution is 2.37. The molecule has 0 aliphatic rings. The Labute approximate surface area is 167 Å². The molecule has 1 amide bonds. The molecule has 146 valence electrons. The van der Waals surface area contributed by atoms with Crippen molar-refractivity contribution in [1.82, 2.24) is 15.3 Å². The van der Waals surface area contributed by atoms with E-state index < -0.39 is 23.6 Å². The van der Waals surface area contributed by atoms with Crippen LogP contribution in [0.3, 0.4) is 0 Å². The Morgan fingerprint density at radius 1 is 1.25 bits per heavy atom. The number of carbonyl (C=O) groups excluding carboxylic acids is 1. The van der Waals surface area contributed by atoms with Crippen molar-refractivity contribution in [2.75, 3.05) is 0 Å². The van der Waals surface area contributed by atoms with Crippen LogP contribution >= 0.6 is 11.6 Å². The first kappa shape index (κ1) is 20.0. The van der Waals surface area contributed by atoms with Crippen LogP contribution in [0.1, 0.15) is 39.4 Å². The van der Waals surface area contributed by atoms with E-state index in [4.69, 9.17) is 16.3 Å². The predicted molar refractivity (Wildman–Crippen MR) is 108 cm³/mol. The van der Waals surface area contributed by atoms with Gasteiger partial charge in [0.1, 0.15) is 11.4 Å². The van der Waals surface area contributed by atoms with E-state index in [1.807, 2.05) is 6.07 Å². The third kappa shape index (κ3) is 4.39. The highest BCUT2D eigenvalue weighted by atomic mass is 35.5. The summed E-state index contributed by atoms with van der Waals surface area (Å²) in [6.45, 7) is 7.15. The minimum atomic E-state index is -0.625. The summed E-state index contributed by atoms with van der Waals surface area (Å²) < 4.78 is 19.1.